The Kier molecular flexibility index (Phi) is 18.3. The van der Waals surface area contributed by atoms with Crippen LogP contribution in [0.1, 0.15) is 102 Å². The normalized spacial score (nSPS) is 25.5. The molecule has 1 unspecified atom stereocenters. The number of piperazine rings is 3. The number of benzene rings is 2. The van der Waals surface area contributed by atoms with Crippen LogP contribution in [0, 0.1) is 23.5 Å². The zero-order valence-electron chi connectivity index (χ0n) is 51.6. The zero-order chi connectivity index (χ0) is 59.9. The molecule has 0 radical (unpaired) electrons. The van der Waals surface area contributed by atoms with Crippen molar-refractivity contribution in [2.75, 3.05) is 122 Å². The standard InChI is InChI=1S/C67H94F2N12O3/c1-43-25-52(30-61(82)81-42-67(10,11)63-60(81)29-54(65(84)73-63)27-51-15-19-57(69)20-16-51)55(31-70-43)39-77-23-21-75(36-47(77)5)45(3)34-74(12)35-46(4)76-22-24-78(48(6)37-76)40-58-32-71-44(2)33-79(58)38-49(7)80-41-66(8,9)62-59(80)28-53(64(83)72-62)26-50-13-17-56(68)18-14-50/h13-20,28-29,43-44,47-48,52,55,58,70-71H,3-4,7,21-27,30-42H2,1-2,5-6,8-12H3,(H,72,83)(H,73,84)/t43-,44-,47-,48-,52?,55-,58-/m1/s1. The maximum Gasteiger partial charge on any atom is 0.251 e. The Labute approximate surface area is 497 Å². The summed E-state index contributed by atoms with van der Waals surface area (Å²) < 4.78 is 27.4. The second-order valence-electron chi connectivity index (χ2n) is 27.3. The minimum Gasteiger partial charge on any atom is -0.371 e. The lowest BCUT2D eigenvalue weighted by molar-refractivity contribution is -0.120. The fraction of sp³-hybridized carbons (Fsp3) is 0.567. The van der Waals surface area contributed by atoms with Gasteiger partial charge in [0.1, 0.15) is 11.6 Å². The molecule has 0 spiro atoms. The quantitative estimate of drug-likeness (QED) is 0.0765. The molecule has 4 fully saturated rings. The number of nitrogens with one attached hydrogen (secondary N) is 4. The molecular formula is C67H94F2N12O3. The highest BCUT2D eigenvalue weighted by Gasteiger charge is 2.43. The van der Waals surface area contributed by atoms with Crippen molar-refractivity contribution in [2.45, 2.75) is 122 Å². The van der Waals surface area contributed by atoms with Crippen LogP contribution in [0.2, 0.25) is 0 Å². The Morgan fingerprint density at radius 2 is 1.11 bits per heavy atom. The molecule has 8 heterocycles. The van der Waals surface area contributed by atoms with Crippen molar-refractivity contribution in [3.8, 4) is 0 Å². The molecule has 454 valence electrons. The minimum absolute atomic E-state index is 0.0986. The number of carbonyl (C=O) groups excluding carboxylic acids is 1. The monoisotopic (exact) mass is 1150 g/mol. The lowest BCUT2D eigenvalue weighted by atomic mass is 9.80. The van der Waals surface area contributed by atoms with Crippen molar-refractivity contribution in [2.24, 2.45) is 11.8 Å². The van der Waals surface area contributed by atoms with E-state index < -0.39 is 5.41 Å². The summed E-state index contributed by atoms with van der Waals surface area (Å²) in [6.45, 7) is 45.2. The third kappa shape index (κ3) is 13.8. The molecule has 4 saturated heterocycles. The highest BCUT2D eigenvalue weighted by atomic mass is 19.1. The maximum absolute atomic E-state index is 14.5. The second kappa shape index (κ2) is 25.2. The van der Waals surface area contributed by atoms with Gasteiger partial charge in [-0.25, -0.2) is 8.78 Å². The van der Waals surface area contributed by atoms with Gasteiger partial charge in [-0.3, -0.25) is 34.0 Å². The van der Waals surface area contributed by atoms with E-state index in [0.29, 0.717) is 73.1 Å². The van der Waals surface area contributed by atoms with E-state index in [1.807, 2.05) is 17.0 Å². The van der Waals surface area contributed by atoms with E-state index in [-0.39, 0.29) is 40.0 Å². The topological polar surface area (TPSA) is 133 Å². The summed E-state index contributed by atoms with van der Waals surface area (Å²) in [5, 5.41) is 7.51. The fourth-order valence-corrected chi connectivity index (χ4v) is 14.4. The molecular weight excluding hydrogens is 1060 g/mol. The first-order valence-electron chi connectivity index (χ1n) is 30.9. The lowest BCUT2D eigenvalue weighted by Crippen LogP contribution is -2.62. The third-order valence-electron chi connectivity index (χ3n) is 19.4. The van der Waals surface area contributed by atoms with Crippen molar-refractivity contribution in [1.82, 2.24) is 50.0 Å². The summed E-state index contributed by atoms with van der Waals surface area (Å²) >= 11 is 0. The molecule has 7 atom stereocenters. The summed E-state index contributed by atoms with van der Waals surface area (Å²) in [4.78, 5) is 67.0. The number of anilines is 2. The smallest absolute Gasteiger partial charge is 0.251 e. The Morgan fingerprint density at radius 3 is 1.63 bits per heavy atom. The second-order valence-corrected chi connectivity index (χ2v) is 27.3. The van der Waals surface area contributed by atoms with Gasteiger partial charge in [0, 0.05) is 198 Å². The summed E-state index contributed by atoms with van der Waals surface area (Å²) in [5.41, 5.74) is 8.85. The van der Waals surface area contributed by atoms with Crippen LogP contribution < -0.4 is 31.6 Å². The van der Waals surface area contributed by atoms with Crippen molar-refractivity contribution < 1.29 is 13.6 Å². The van der Waals surface area contributed by atoms with Crippen molar-refractivity contribution in [1.29, 1.82) is 0 Å². The van der Waals surface area contributed by atoms with E-state index in [4.69, 9.17) is 0 Å². The van der Waals surface area contributed by atoms with Gasteiger partial charge in [-0.2, -0.15) is 0 Å². The Balaban J connectivity index is 0.682. The van der Waals surface area contributed by atoms with Gasteiger partial charge in [0.05, 0.1) is 11.4 Å². The van der Waals surface area contributed by atoms with Crippen LogP contribution in [0.15, 0.2) is 107 Å². The first kappa shape index (κ1) is 61.1. The van der Waals surface area contributed by atoms with Gasteiger partial charge in [-0.1, -0.05) is 71.7 Å². The van der Waals surface area contributed by atoms with Crippen molar-refractivity contribution in [3.63, 3.8) is 0 Å². The number of H-pyrrole nitrogens is 2. The van der Waals surface area contributed by atoms with Crippen LogP contribution in [-0.2, 0) is 28.5 Å². The van der Waals surface area contributed by atoms with Crippen LogP contribution in [0.5, 0.6) is 0 Å². The predicted molar refractivity (Wildman–Crippen MR) is 335 cm³/mol. The number of fused-ring (bicyclic) bond motifs is 2. The van der Waals surface area contributed by atoms with E-state index in [0.717, 1.165) is 156 Å². The van der Waals surface area contributed by atoms with Crippen LogP contribution in [0.3, 0.4) is 0 Å². The van der Waals surface area contributed by atoms with Gasteiger partial charge >= 0.3 is 0 Å². The van der Waals surface area contributed by atoms with Gasteiger partial charge in [0.15, 0.2) is 0 Å². The number of likely N-dealkylation sites (N-methyl/N-ethyl adjacent to an activating group) is 1. The average Bonchev–Trinajstić information content (AvgIpc) is 2.05. The number of piperidine rings is 1. The SMILES string of the molecule is C=C(CN(C)CC(=C)N1CCN(C[C@H]2CN[C@H](C)CN2CC(=C)N2CC(C)(C)c3[nH]c(=O)c(Cc4ccc(F)cc4)cc32)[C@H](C)C1)N1CCN(C[C@H]2CN[C@H](C)CC2CC(=O)N2CC(C)(C)c3[nH]c(=O)c(Cc4ccc(F)cc4)cc32)[C@H](C)C1. The molecule has 4 N–H and O–H groups in total. The number of nitrogens with zero attached hydrogens (tertiary/aromatic N) is 8. The van der Waals surface area contributed by atoms with Crippen LogP contribution in [0.25, 0.3) is 0 Å². The van der Waals surface area contributed by atoms with E-state index in [1.54, 1.807) is 24.3 Å². The largest absolute Gasteiger partial charge is 0.371 e. The Morgan fingerprint density at radius 1 is 0.619 bits per heavy atom. The van der Waals surface area contributed by atoms with Crippen molar-refractivity contribution in [3.05, 3.63) is 163 Å². The van der Waals surface area contributed by atoms with Crippen LogP contribution in [0.4, 0.5) is 20.2 Å². The number of hydrogen-bond donors (Lipinski definition) is 4. The first-order chi connectivity index (χ1) is 39.9. The molecule has 4 aromatic rings. The average molecular weight is 1150 g/mol. The molecule has 0 bridgehead atoms. The number of pyridine rings is 2. The molecule has 6 aliphatic rings. The minimum atomic E-state index is -0.400. The Bertz CT molecular complexity index is 2970. The number of hydrogen-bond acceptors (Lipinski definition) is 12. The highest BCUT2D eigenvalue weighted by Crippen LogP contribution is 2.42. The number of carbonyl (C=O) groups is 1. The van der Waals surface area contributed by atoms with Gasteiger partial charge in [-0.15, -0.1) is 0 Å². The van der Waals surface area contributed by atoms with Gasteiger partial charge in [-0.05, 0) is 107 Å². The summed E-state index contributed by atoms with van der Waals surface area (Å²) in [6, 6.07) is 18.2. The summed E-state index contributed by atoms with van der Waals surface area (Å²) in [6.07, 6.45) is 2.17. The predicted octanol–water partition coefficient (Wildman–Crippen LogP) is 7.10. The molecule has 84 heavy (non-hydrogen) atoms. The molecule has 15 nitrogen and oxygen atoms in total. The summed E-state index contributed by atoms with van der Waals surface area (Å²) in [7, 11) is 2.18. The molecule has 0 saturated carbocycles. The van der Waals surface area contributed by atoms with Gasteiger partial charge in [0.25, 0.3) is 11.1 Å². The molecule has 0 aliphatic carbocycles. The molecule has 1 amide bonds. The van der Waals surface area contributed by atoms with E-state index in [2.05, 4.69) is 137 Å². The summed E-state index contributed by atoms with van der Waals surface area (Å²) in [5.74, 6) is 0.0344. The van der Waals surface area contributed by atoms with E-state index in [1.165, 1.54) is 24.3 Å². The zero-order valence-corrected chi connectivity index (χ0v) is 51.6. The molecule has 6 aliphatic heterocycles. The Hall–Kier alpha value is -5.95. The van der Waals surface area contributed by atoms with Gasteiger partial charge < -0.3 is 40.2 Å². The van der Waals surface area contributed by atoms with E-state index in [9.17, 15) is 23.2 Å². The third-order valence-corrected chi connectivity index (χ3v) is 19.4. The molecule has 2 aromatic heterocycles. The molecule has 10 rings (SSSR count). The lowest BCUT2D eigenvalue weighted by Gasteiger charge is -2.47. The number of aromatic amines is 2. The molecule has 17 heteroatoms. The van der Waals surface area contributed by atoms with Crippen molar-refractivity contribution >= 4 is 17.3 Å². The number of amides is 1. The fourth-order valence-electron chi connectivity index (χ4n) is 14.4. The highest BCUT2D eigenvalue weighted by molar-refractivity contribution is 5.96. The van der Waals surface area contributed by atoms with Crippen LogP contribution >= 0.6 is 0 Å². The first-order valence-corrected chi connectivity index (χ1v) is 30.9. The number of rotatable bonds is 19. The maximum atomic E-state index is 14.5. The van der Waals surface area contributed by atoms with Gasteiger partial charge in [0.2, 0.25) is 5.91 Å². The van der Waals surface area contributed by atoms with E-state index >= 15 is 0 Å². The van der Waals surface area contributed by atoms with Crippen LogP contribution in [-0.4, -0.2) is 187 Å². The number of halogens is 2. The molecule has 2 aromatic carbocycles. The number of aromatic nitrogens is 2.